The molecular formula is C18H34S6. The minimum absolute atomic E-state index is 0.409. The predicted molar refractivity (Wildman–Crippen MR) is 129 cm³/mol. The van der Waals surface area contributed by atoms with E-state index < -0.39 is 0 Å². The van der Waals surface area contributed by atoms with Crippen LogP contribution in [0.3, 0.4) is 0 Å². The van der Waals surface area contributed by atoms with Crippen LogP contribution in [0.1, 0.15) is 40.0 Å². The van der Waals surface area contributed by atoms with Crippen LogP contribution in [-0.4, -0.2) is 50.1 Å². The molecule has 0 spiro atoms. The number of thioether (sulfide) groups is 4. The van der Waals surface area contributed by atoms with Crippen LogP contribution < -0.4 is 0 Å². The van der Waals surface area contributed by atoms with Crippen LogP contribution in [0.2, 0.25) is 0 Å². The monoisotopic (exact) mass is 442 g/mol. The van der Waals surface area contributed by atoms with E-state index >= 15 is 0 Å². The normalized spacial score (nSPS) is 30.1. The van der Waals surface area contributed by atoms with Gasteiger partial charge in [-0.3, -0.25) is 0 Å². The average Bonchev–Trinajstić information content (AvgIpc) is 3.02. The van der Waals surface area contributed by atoms with E-state index in [0.717, 1.165) is 17.4 Å². The quantitative estimate of drug-likeness (QED) is 0.206. The van der Waals surface area contributed by atoms with Gasteiger partial charge in [0.05, 0.1) is 4.08 Å². The molecule has 0 saturated heterocycles. The zero-order valence-corrected chi connectivity index (χ0v) is 20.4. The number of rotatable bonds is 12. The van der Waals surface area contributed by atoms with Gasteiger partial charge in [-0.15, -0.1) is 23.5 Å². The van der Waals surface area contributed by atoms with Crippen molar-refractivity contribution in [2.45, 2.75) is 44.1 Å². The zero-order valence-electron chi connectivity index (χ0n) is 15.4. The molecule has 0 nitrogen and oxygen atoms in total. The summed E-state index contributed by atoms with van der Waals surface area (Å²) in [6.45, 7) is 7.75. The van der Waals surface area contributed by atoms with E-state index in [1.807, 2.05) is 0 Å². The summed E-state index contributed by atoms with van der Waals surface area (Å²) in [5.74, 6) is 10.4. The van der Waals surface area contributed by atoms with E-state index in [1.165, 1.54) is 53.8 Å². The van der Waals surface area contributed by atoms with Crippen molar-refractivity contribution in [3.8, 4) is 0 Å². The Bertz CT molecular complexity index is 365. The molecular weight excluding hydrogens is 409 g/mol. The van der Waals surface area contributed by atoms with Crippen molar-refractivity contribution in [1.29, 1.82) is 0 Å². The second kappa shape index (κ2) is 10.0. The molecule has 2 bridgehead atoms. The van der Waals surface area contributed by atoms with Gasteiger partial charge in [-0.05, 0) is 47.5 Å². The number of thiol groups is 2. The third-order valence-electron chi connectivity index (χ3n) is 5.94. The molecule has 0 aliphatic heterocycles. The van der Waals surface area contributed by atoms with Gasteiger partial charge in [0.2, 0.25) is 0 Å². The summed E-state index contributed by atoms with van der Waals surface area (Å²) in [7, 11) is 0. The van der Waals surface area contributed by atoms with Gasteiger partial charge in [-0.1, -0.05) is 20.8 Å². The van der Waals surface area contributed by atoms with Gasteiger partial charge in [-0.25, -0.2) is 0 Å². The Balaban J connectivity index is 2.01. The van der Waals surface area contributed by atoms with E-state index in [4.69, 9.17) is 0 Å². The molecule has 0 aromatic heterocycles. The fourth-order valence-electron chi connectivity index (χ4n) is 4.79. The third-order valence-corrected chi connectivity index (χ3v) is 13.9. The van der Waals surface area contributed by atoms with Crippen molar-refractivity contribution in [3.63, 3.8) is 0 Å². The van der Waals surface area contributed by atoms with Crippen LogP contribution in [0, 0.1) is 16.7 Å². The molecule has 2 fully saturated rings. The molecule has 142 valence electrons. The molecule has 2 aliphatic carbocycles. The minimum Gasteiger partial charge on any atom is -0.179 e. The van der Waals surface area contributed by atoms with Crippen molar-refractivity contribution in [2.24, 2.45) is 16.7 Å². The number of hydrogen-bond acceptors (Lipinski definition) is 6. The maximum absolute atomic E-state index is 4.34. The van der Waals surface area contributed by atoms with Crippen LogP contribution in [-0.2, 0) is 0 Å². The molecule has 2 rings (SSSR count). The lowest BCUT2D eigenvalue weighted by Crippen LogP contribution is -2.49. The highest BCUT2D eigenvalue weighted by Gasteiger charge is 2.69. The maximum atomic E-state index is 4.34. The standard InChI is InChI=1S/C18H34S6/c1-16(2)15-4-5-17(3,14-15)18(16,23-12-10-21-8-6-19)24-13-11-22-9-7-20/h15,19-20H,4-14H2,1-3H3. The SMILES string of the molecule is CC12CCC(C1)C(C)(C)C2(SCCSCCS)SCCSCCS. The van der Waals surface area contributed by atoms with Crippen LogP contribution >= 0.6 is 72.3 Å². The molecule has 0 radical (unpaired) electrons. The average molecular weight is 443 g/mol. The van der Waals surface area contributed by atoms with Crippen LogP contribution in [0.25, 0.3) is 0 Å². The van der Waals surface area contributed by atoms with Crippen LogP contribution in [0.5, 0.6) is 0 Å². The summed E-state index contributed by atoms with van der Waals surface area (Å²) >= 11 is 17.4. The molecule has 2 aliphatic rings. The number of fused-ring (bicyclic) bond motifs is 2. The largest absolute Gasteiger partial charge is 0.179 e. The van der Waals surface area contributed by atoms with Gasteiger partial charge in [0.25, 0.3) is 0 Å². The third kappa shape index (κ3) is 4.56. The van der Waals surface area contributed by atoms with Gasteiger partial charge in [-0.2, -0.15) is 48.8 Å². The molecule has 2 saturated carbocycles. The van der Waals surface area contributed by atoms with Gasteiger partial charge in [0.1, 0.15) is 0 Å². The molecule has 24 heavy (non-hydrogen) atoms. The van der Waals surface area contributed by atoms with E-state index in [1.54, 1.807) is 0 Å². The first-order valence-corrected chi connectivity index (χ1v) is 14.6. The smallest absolute Gasteiger partial charge is 0.0718 e. The van der Waals surface area contributed by atoms with Crippen molar-refractivity contribution in [3.05, 3.63) is 0 Å². The van der Waals surface area contributed by atoms with Gasteiger partial charge in [0.15, 0.2) is 0 Å². The van der Waals surface area contributed by atoms with E-state index in [0.29, 0.717) is 14.9 Å². The molecule has 0 N–H and O–H groups in total. The summed E-state index contributed by atoms with van der Waals surface area (Å²) in [6.07, 6.45) is 4.34. The highest BCUT2D eigenvalue weighted by Crippen LogP contribution is 2.76. The van der Waals surface area contributed by atoms with Gasteiger partial charge >= 0.3 is 0 Å². The van der Waals surface area contributed by atoms with E-state index in [2.05, 4.69) is 93.1 Å². The van der Waals surface area contributed by atoms with Crippen molar-refractivity contribution in [1.82, 2.24) is 0 Å². The molecule has 0 aromatic rings. The van der Waals surface area contributed by atoms with E-state index in [-0.39, 0.29) is 0 Å². The van der Waals surface area contributed by atoms with Gasteiger partial charge < -0.3 is 0 Å². The van der Waals surface area contributed by atoms with Crippen LogP contribution in [0.15, 0.2) is 0 Å². The summed E-state index contributed by atoms with van der Waals surface area (Å²) < 4.78 is 0.409. The molecule has 0 amide bonds. The fraction of sp³-hybridized carbons (Fsp3) is 1.00. The Morgan fingerprint density at radius 2 is 1.38 bits per heavy atom. The van der Waals surface area contributed by atoms with E-state index in [9.17, 15) is 0 Å². The minimum atomic E-state index is 0.409. The molecule has 6 heteroatoms. The fourth-order valence-corrected chi connectivity index (χ4v) is 11.4. The Morgan fingerprint density at radius 3 is 1.79 bits per heavy atom. The van der Waals surface area contributed by atoms with Gasteiger partial charge in [0, 0.05) is 34.5 Å². The zero-order chi connectivity index (χ0) is 17.7. The number of hydrogen-bond donors (Lipinski definition) is 2. The van der Waals surface area contributed by atoms with Crippen molar-refractivity contribution < 1.29 is 0 Å². The Kier molecular flexibility index (Phi) is 9.37. The Morgan fingerprint density at radius 1 is 0.833 bits per heavy atom. The Labute approximate surface area is 178 Å². The first-order valence-electron chi connectivity index (χ1n) is 9.09. The summed E-state index contributed by atoms with van der Waals surface area (Å²) in [5, 5.41) is 0. The second-order valence-corrected chi connectivity index (χ2v) is 13.9. The van der Waals surface area contributed by atoms with Crippen molar-refractivity contribution in [2.75, 3.05) is 46.0 Å². The lowest BCUT2D eigenvalue weighted by atomic mass is 9.71. The second-order valence-electron chi connectivity index (χ2n) is 7.71. The first-order chi connectivity index (χ1) is 11.4. The summed E-state index contributed by atoms with van der Waals surface area (Å²) in [4.78, 5) is 0. The highest BCUT2D eigenvalue weighted by molar-refractivity contribution is 8.19. The Hall–Kier alpha value is 2.10. The topological polar surface area (TPSA) is 0 Å². The maximum Gasteiger partial charge on any atom is 0.0718 e. The molecule has 2 unspecified atom stereocenters. The summed E-state index contributed by atoms with van der Waals surface area (Å²) in [6, 6.07) is 0. The molecule has 0 aromatic carbocycles. The molecule has 0 heterocycles. The summed E-state index contributed by atoms with van der Waals surface area (Å²) in [5.41, 5.74) is 0.983. The lowest BCUT2D eigenvalue weighted by Gasteiger charge is -2.53. The first kappa shape index (κ1) is 22.4. The predicted octanol–water partition coefficient (Wildman–Crippen LogP) is 6.32. The lowest BCUT2D eigenvalue weighted by molar-refractivity contribution is 0.173. The van der Waals surface area contributed by atoms with Crippen LogP contribution in [0.4, 0.5) is 0 Å². The molecule has 2 atom stereocenters. The highest BCUT2D eigenvalue weighted by atomic mass is 32.2. The van der Waals surface area contributed by atoms with Crippen molar-refractivity contribution >= 4 is 72.3 Å².